The SMILES string of the molecule is Cc1ccc(C(C)C)c(OC(=O)CS(=O)c2ccc(S(=O)(=O)C(F)(F)F)cc2[N+](=O)[O-])c1. The summed E-state index contributed by atoms with van der Waals surface area (Å²) in [6.45, 7) is 5.49. The number of carbonyl (C=O) groups is 1. The molecule has 174 valence electrons. The molecule has 0 bridgehead atoms. The van der Waals surface area contributed by atoms with Crippen molar-refractivity contribution in [2.45, 2.75) is 42.0 Å². The minimum absolute atomic E-state index is 0.00638. The molecule has 2 aromatic carbocycles. The molecule has 0 spiro atoms. The molecule has 1 unspecified atom stereocenters. The van der Waals surface area contributed by atoms with E-state index in [1.807, 2.05) is 19.9 Å². The molecule has 0 aliphatic carbocycles. The molecule has 0 aliphatic rings. The Morgan fingerprint density at radius 3 is 2.34 bits per heavy atom. The summed E-state index contributed by atoms with van der Waals surface area (Å²) in [7, 11) is -8.24. The number of nitro benzene ring substituents is 1. The second kappa shape index (κ2) is 9.36. The van der Waals surface area contributed by atoms with Gasteiger partial charge < -0.3 is 4.74 Å². The zero-order valence-electron chi connectivity index (χ0n) is 17.0. The van der Waals surface area contributed by atoms with Crippen LogP contribution in [0.4, 0.5) is 18.9 Å². The predicted molar refractivity (Wildman–Crippen MR) is 109 cm³/mol. The van der Waals surface area contributed by atoms with Crippen LogP contribution < -0.4 is 4.74 Å². The normalized spacial score (nSPS) is 13.1. The average molecular weight is 493 g/mol. The van der Waals surface area contributed by atoms with Crippen molar-refractivity contribution in [3.63, 3.8) is 0 Å². The van der Waals surface area contributed by atoms with Crippen LogP contribution in [0.15, 0.2) is 46.2 Å². The smallest absolute Gasteiger partial charge is 0.426 e. The highest BCUT2D eigenvalue weighted by molar-refractivity contribution is 7.92. The Kier molecular flexibility index (Phi) is 7.45. The van der Waals surface area contributed by atoms with Crippen molar-refractivity contribution >= 4 is 32.3 Å². The highest BCUT2D eigenvalue weighted by Crippen LogP contribution is 2.34. The lowest BCUT2D eigenvalue weighted by Gasteiger charge is -2.13. The van der Waals surface area contributed by atoms with Crippen LogP contribution >= 0.6 is 0 Å². The summed E-state index contributed by atoms with van der Waals surface area (Å²) >= 11 is 0. The molecule has 0 aliphatic heterocycles. The van der Waals surface area contributed by atoms with Crippen LogP contribution in [0.1, 0.15) is 30.9 Å². The number of ether oxygens (including phenoxy) is 1. The summed E-state index contributed by atoms with van der Waals surface area (Å²) in [6.07, 6.45) is 0. The topological polar surface area (TPSA) is 121 Å². The van der Waals surface area contributed by atoms with E-state index in [4.69, 9.17) is 4.74 Å². The second-order valence-electron chi connectivity index (χ2n) is 7.00. The molecule has 0 heterocycles. The lowest BCUT2D eigenvalue weighted by molar-refractivity contribution is -0.388. The second-order valence-corrected chi connectivity index (χ2v) is 10.4. The Bertz CT molecular complexity index is 1190. The maximum Gasteiger partial charge on any atom is 0.501 e. The monoisotopic (exact) mass is 493 g/mol. The van der Waals surface area contributed by atoms with Crippen molar-refractivity contribution < 1.29 is 40.3 Å². The molecule has 1 atom stereocenters. The van der Waals surface area contributed by atoms with E-state index in [1.54, 1.807) is 19.1 Å². The molecule has 13 heteroatoms. The minimum atomic E-state index is -5.85. The largest absolute Gasteiger partial charge is 0.501 e. The van der Waals surface area contributed by atoms with Crippen molar-refractivity contribution in [3.8, 4) is 5.75 Å². The third-order valence-electron chi connectivity index (χ3n) is 4.25. The van der Waals surface area contributed by atoms with E-state index < -0.39 is 58.3 Å². The van der Waals surface area contributed by atoms with E-state index >= 15 is 0 Å². The Morgan fingerprint density at radius 2 is 1.81 bits per heavy atom. The molecule has 0 radical (unpaired) electrons. The van der Waals surface area contributed by atoms with Gasteiger partial charge in [-0.3, -0.25) is 19.1 Å². The van der Waals surface area contributed by atoms with Gasteiger partial charge in [0.15, 0.2) is 0 Å². The number of aryl methyl sites for hydroxylation is 1. The van der Waals surface area contributed by atoms with Gasteiger partial charge in [0, 0.05) is 6.07 Å². The average Bonchev–Trinajstić information content (AvgIpc) is 2.66. The molecule has 0 amide bonds. The zero-order valence-corrected chi connectivity index (χ0v) is 18.6. The number of rotatable bonds is 7. The quantitative estimate of drug-likeness (QED) is 0.247. The number of esters is 1. The first-order chi connectivity index (χ1) is 14.6. The van der Waals surface area contributed by atoms with E-state index in [-0.39, 0.29) is 17.7 Å². The number of benzene rings is 2. The van der Waals surface area contributed by atoms with Gasteiger partial charge in [-0.1, -0.05) is 26.0 Å². The maximum atomic E-state index is 12.7. The lowest BCUT2D eigenvalue weighted by Crippen LogP contribution is -2.23. The zero-order chi connectivity index (χ0) is 24.4. The minimum Gasteiger partial charge on any atom is -0.426 e. The van der Waals surface area contributed by atoms with Crippen LogP contribution in [0.3, 0.4) is 0 Å². The number of hydrogen-bond acceptors (Lipinski definition) is 7. The molecular formula is C19H18F3NO7S2. The third-order valence-corrected chi connectivity index (χ3v) is 7.07. The van der Waals surface area contributed by atoms with Crippen LogP contribution in [-0.4, -0.2) is 34.8 Å². The molecule has 0 saturated heterocycles. The van der Waals surface area contributed by atoms with Crippen LogP contribution in [-0.2, 0) is 25.4 Å². The number of nitro groups is 1. The van der Waals surface area contributed by atoms with Crippen LogP contribution in [0.2, 0.25) is 0 Å². The number of sulfone groups is 1. The summed E-state index contributed by atoms with van der Waals surface area (Å²) in [5, 5.41) is 11.3. The van der Waals surface area contributed by atoms with Gasteiger partial charge in [0.25, 0.3) is 15.5 Å². The first-order valence-electron chi connectivity index (χ1n) is 8.94. The standard InChI is InChI=1S/C19H18F3NO7S2/c1-11(2)14-6-4-12(3)8-16(14)30-18(24)10-31(27)17-7-5-13(9-15(17)23(25)26)32(28,29)19(20,21)22/h4-9,11H,10H2,1-3H3. The number of alkyl halides is 3. The van der Waals surface area contributed by atoms with Gasteiger partial charge >= 0.3 is 11.5 Å². The van der Waals surface area contributed by atoms with E-state index in [9.17, 15) is 40.7 Å². The Balaban J connectivity index is 2.33. The Labute approximate surface area is 183 Å². The number of hydrogen-bond donors (Lipinski definition) is 0. The molecule has 0 N–H and O–H groups in total. The number of carbonyl (C=O) groups excluding carboxylic acids is 1. The molecule has 0 saturated carbocycles. The van der Waals surface area contributed by atoms with Crippen molar-refractivity contribution in [1.29, 1.82) is 0 Å². The van der Waals surface area contributed by atoms with Crippen LogP contribution in [0.5, 0.6) is 5.75 Å². The van der Waals surface area contributed by atoms with Gasteiger partial charge in [-0.25, -0.2) is 8.42 Å². The first kappa shape index (κ1) is 25.5. The predicted octanol–water partition coefficient (Wildman–Crippen LogP) is 4.03. The summed E-state index contributed by atoms with van der Waals surface area (Å²) in [5.74, 6) is -1.61. The molecule has 0 aromatic heterocycles. The fourth-order valence-corrected chi connectivity index (χ4v) is 4.47. The Morgan fingerprint density at radius 1 is 1.19 bits per heavy atom. The van der Waals surface area contributed by atoms with Gasteiger partial charge in [-0.05, 0) is 42.2 Å². The molecule has 32 heavy (non-hydrogen) atoms. The van der Waals surface area contributed by atoms with Gasteiger partial charge in [-0.2, -0.15) is 13.2 Å². The third kappa shape index (κ3) is 5.51. The van der Waals surface area contributed by atoms with Gasteiger partial charge in [-0.15, -0.1) is 0 Å². The van der Waals surface area contributed by atoms with Gasteiger partial charge in [0.2, 0.25) is 0 Å². The number of halogens is 3. The van der Waals surface area contributed by atoms with E-state index in [0.717, 1.165) is 5.56 Å². The molecular weight excluding hydrogens is 475 g/mol. The number of nitrogens with zero attached hydrogens (tertiary/aromatic N) is 1. The first-order valence-corrected chi connectivity index (χ1v) is 11.7. The highest BCUT2D eigenvalue weighted by atomic mass is 32.2. The van der Waals surface area contributed by atoms with Crippen molar-refractivity contribution in [2.75, 3.05) is 5.75 Å². The summed E-state index contributed by atoms with van der Waals surface area (Å²) in [5.41, 5.74) is -5.31. The summed E-state index contributed by atoms with van der Waals surface area (Å²) in [4.78, 5) is 20.4. The van der Waals surface area contributed by atoms with Crippen molar-refractivity contribution in [2.24, 2.45) is 0 Å². The summed E-state index contributed by atoms with van der Waals surface area (Å²) < 4.78 is 79.0. The fraction of sp³-hybridized carbons (Fsp3) is 0.316. The van der Waals surface area contributed by atoms with Crippen molar-refractivity contribution in [1.82, 2.24) is 0 Å². The van der Waals surface area contributed by atoms with E-state index in [2.05, 4.69) is 0 Å². The fourth-order valence-electron chi connectivity index (χ4n) is 2.68. The maximum absolute atomic E-state index is 12.7. The van der Waals surface area contributed by atoms with Gasteiger partial charge in [0.1, 0.15) is 16.4 Å². The molecule has 2 aromatic rings. The van der Waals surface area contributed by atoms with E-state index in [0.29, 0.717) is 17.7 Å². The lowest BCUT2D eigenvalue weighted by atomic mass is 10.0. The van der Waals surface area contributed by atoms with Crippen LogP contribution in [0.25, 0.3) is 0 Å². The van der Waals surface area contributed by atoms with Crippen molar-refractivity contribution in [3.05, 3.63) is 57.6 Å². The van der Waals surface area contributed by atoms with Crippen LogP contribution in [0, 0.1) is 17.0 Å². The van der Waals surface area contributed by atoms with E-state index in [1.165, 1.54) is 0 Å². The molecule has 0 fully saturated rings. The summed E-state index contributed by atoms with van der Waals surface area (Å²) in [6, 6.07) is 6.39. The molecule has 8 nitrogen and oxygen atoms in total. The van der Waals surface area contributed by atoms with Gasteiger partial charge in [0.05, 0.1) is 20.6 Å². The highest BCUT2D eigenvalue weighted by Gasteiger charge is 2.47. The molecule has 2 rings (SSSR count). The Hall–Kier alpha value is -2.80.